The third kappa shape index (κ3) is 8.46. The molecule has 2 heterocycles. The lowest BCUT2D eigenvalue weighted by Gasteiger charge is -2.31. The average molecular weight is 526 g/mol. The van der Waals surface area contributed by atoms with Crippen molar-refractivity contribution in [1.82, 2.24) is 20.2 Å². The predicted octanol–water partition coefficient (Wildman–Crippen LogP) is 3.60. The fraction of sp³-hybridized carbons (Fsp3) is 0.607. The van der Waals surface area contributed by atoms with Gasteiger partial charge in [0.15, 0.2) is 5.75 Å². The standard InChI is InChI=1S/C28H43N7O3/c1-5-15-37-19-25(30-6-2)33-17-20(3)21-11-12-22-26(34-24(29)18-32-22)27(21)38-16-9-13-31-28(36)23-10-7-8-14-35(23)4/h11-12,17-18,20,23H,5-10,13-16,19H2,1-4H3,(H2,29,34)(H,31,36). The molecule has 0 bridgehead atoms. The largest absolute Gasteiger partial charge is 0.491 e. The van der Waals surface area contributed by atoms with Crippen molar-refractivity contribution in [3.8, 4) is 5.75 Å². The maximum Gasteiger partial charge on any atom is 0.237 e. The summed E-state index contributed by atoms with van der Waals surface area (Å²) < 4.78 is 11.9. The van der Waals surface area contributed by atoms with Gasteiger partial charge in [0.1, 0.15) is 23.8 Å². The van der Waals surface area contributed by atoms with Crippen LogP contribution in [0.15, 0.2) is 28.3 Å². The minimum Gasteiger partial charge on any atom is -0.491 e. The van der Waals surface area contributed by atoms with Crippen LogP contribution >= 0.6 is 0 Å². The Morgan fingerprint density at radius 2 is 2.16 bits per heavy atom. The van der Waals surface area contributed by atoms with Crippen molar-refractivity contribution in [2.24, 2.45) is 9.98 Å². The maximum atomic E-state index is 12.6. The molecule has 38 heavy (non-hydrogen) atoms. The van der Waals surface area contributed by atoms with Gasteiger partial charge >= 0.3 is 0 Å². The van der Waals surface area contributed by atoms with Gasteiger partial charge in [0.05, 0.1) is 24.4 Å². The van der Waals surface area contributed by atoms with E-state index >= 15 is 0 Å². The minimum absolute atomic E-state index is 0.0405. The number of nitrogen functional groups attached to an aromatic ring is 1. The van der Waals surface area contributed by atoms with E-state index in [1.807, 2.05) is 32.3 Å². The van der Waals surface area contributed by atoms with Gasteiger partial charge in [-0.15, -0.1) is 0 Å². The van der Waals surface area contributed by atoms with Crippen LogP contribution in [0.2, 0.25) is 0 Å². The number of benzene rings is 1. The summed E-state index contributed by atoms with van der Waals surface area (Å²) in [4.78, 5) is 32.7. The van der Waals surface area contributed by atoms with Crippen molar-refractivity contribution in [2.45, 2.75) is 64.8 Å². The number of anilines is 1. The molecule has 1 aromatic carbocycles. The van der Waals surface area contributed by atoms with Crippen molar-refractivity contribution in [1.29, 1.82) is 0 Å². The Morgan fingerprint density at radius 3 is 2.92 bits per heavy atom. The molecular weight excluding hydrogens is 482 g/mol. The molecule has 2 unspecified atom stereocenters. The van der Waals surface area contributed by atoms with Gasteiger partial charge in [-0.2, -0.15) is 0 Å². The zero-order chi connectivity index (χ0) is 27.3. The van der Waals surface area contributed by atoms with E-state index in [-0.39, 0.29) is 17.9 Å². The first-order chi connectivity index (χ1) is 18.4. The highest BCUT2D eigenvalue weighted by molar-refractivity contribution is 5.93. The number of hydrogen-bond donors (Lipinski definition) is 2. The topological polar surface area (TPSA) is 127 Å². The van der Waals surface area contributed by atoms with Crippen LogP contribution in [0, 0.1) is 0 Å². The molecule has 208 valence electrons. The summed E-state index contributed by atoms with van der Waals surface area (Å²) in [6.07, 6.45) is 8.17. The van der Waals surface area contributed by atoms with Gasteiger partial charge in [-0.3, -0.25) is 19.7 Å². The number of carbonyl (C=O) groups excluding carboxylic acids is 1. The summed E-state index contributed by atoms with van der Waals surface area (Å²) in [5.41, 5.74) is 8.21. The first kappa shape index (κ1) is 29.4. The number of likely N-dealkylation sites (N-methyl/N-ethyl adjacent to an activating group) is 1. The number of ether oxygens (including phenoxy) is 2. The number of nitrogens with zero attached hydrogens (tertiary/aromatic N) is 5. The fourth-order valence-electron chi connectivity index (χ4n) is 4.47. The molecule has 3 rings (SSSR count). The highest BCUT2D eigenvalue weighted by Crippen LogP contribution is 2.33. The van der Waals surface area contributed by atoms with E-state index in [1.165, 1.54) is 6.20 Å². The second-order valence-electron chi connectivity index (χ2n) is 9.64. The third-order valence-electron chi connectivity index (χ3n) is 6.52. The summed E-state index contributed by atoms with van der Waals surface area (Å²) in [5.74, 6) is 1.65. The Bertz CT molecular complexity index is 1110. The second kappa shape index (κ2) is 15.3. The lowest BCUT2D eigenvalue weighted by molar-refractivity contribution is -0.127. The molecule has 2 atom stereocenters. The molecule has 10 heteroatoms. The number of carbonyl (C=O) groups is 1. The SMILES string of the molecule is CCCOCC(N=CC(C)c1ccc2ncc(N)nc2c1OCCCNC(=O)C1CCCCN1C)=NCC. The van der Waals surface area contributed by atoms with E-state index in [2.05, 4.69) is 44.0 Å². The van der Waals surface area contributed by atoms with Crippen LogP contribution in [0.25, 0.3) is 11.0 Å². The molecular formula is C28H43N7O3. The second-order valence-corrected chi connectivity index (χ2v) is 9.64. The lowest BCUT2D eigenvalue weighted by atomic mass is 10.00. The first-order valence-electron chi connectivity index (χ1n) is 13.8. The molecule has 1 amide bonds. The molecule has 3 N–H and O–H groups in total. The number of aromatic nitrogens is 2. The number of amidine groups is 1. The van der Waals surface area contributed by atoms with Crippen LogP contribution in [0.3, 0.4) is 0 Å². The average Bonchev–Trinajstić information content (AvgIpc) is 2.91. The number of amides is 1. The van der Waals surface area contributed by atoms with Crippen LogP contribution in [-0.4, -0.2) is 85.4 Å². The van der Waals surface area contributed by atoms with Gasteiger partial charge in [-0.1, -0.05) is 26.3 Å². The van der Waals surface area contributed by atoms with Gasteiger partial charge < -0.3 is 20.5 Å². The number of nitrogens with two attached hydrogens (primary N) is 1. The number of piperidine rings is 1. The smallest absolute Gasteiger partial charge is 0.237 e. The molecule has 0 aliphatic carbocycles. The number of fused-ring (bicyclic) bond motifs is 1. The van der Waals surface area contributed by atoms with Crippen molar-refractivity contribution >= 4 is 34.8 Å². The zero-order valence-electron chi connectivity index (χ0n) is 23.3. The number of likely N-dealkylation sites (tertiary alicyclic amines) is 1. The first-order valence-corrected chi connectivity index (χ1v) is 13.8. The molecule has 0 radical (unpaired) electrons. The molecule has 0 spiro atoms. The molecule has 1 fully saturated rings. The summed E-state index contributed by atoms with van der Waals surface area (Å²) in [5, 5.41) is 3.06. The molecule has 1 aliphatic heterocycles. The maximum absolute atomic E-state index is 12.6. The highest BCUT2D eigenvalue weighted by Gasteiger charge is 2.25. The third-order valence-corrected chi connectivity index (χ3v) is 6.52. The molecule has 0 saturated carbocycles. The highest BCUT2D eigenvalue weighted by atomic mass is 16.5. The van der Waals surface area contributed by atoms with Crippen LogP contribution in [0.5, 0.6) is 5.75 Å². The molecule has 1 aliphatic rings. The van der Waals surface area contributed by atoms with E-state index < -0.39 is 0 Å². The van der Waals surface area contributed by atoms with Gasteiger partial charge in [0.25, 0.3) is 0 Å². The van der Waals surface area contributed by atoms with Crippen molar-refractivity contribution in [3.05, 3.63) is 23.9 Å². The molecule has 10 nitrogen and oxygen atoms in total. The Labute approximate surface area is 226 Å². The van der Waals surface area contributed by atoms with E-state index in [0.29, 0.717) is 67.8 Å². The van der Waals surface area contributed by atoms with Gasteiger partial charge in [-0.05, 0) is 52.3 Å². The Morgan fingerprint density at radius 1 is 1.32 bits per heavy atom. The Balaban J connectivity index is 1.69. The number of rotatable bonds is 13. The minimum atomic E-state index is -0.0765. The van der Waals surface area contributed by atoms with E-state index in [4.69, 9.17) is 15.2 Å². The Hall–Kier alpha value is -3.11. The van der Waals surface area contributed by atoms with Crippen LogP contribution < -0.4 is 15.8 Å². The summed E-state index contributed by atoms with van der Waals surface area (Å²) in [6.45, 7) is 9.73. The van der Waals surface area contributed by atoms with E-state index in [9.17, 15) is 4.79 Å². The fourth-order valence-corrected chi connectivity index (χ4v) is 4.47. The molecule has 1 saturated heterocycles. The normalized spacial score (nSPS) is 17.7. The van der Waals surface area contributed by atoms with Crippen molar-refractivity contribution in [2.75, 3.05) is 52.2 Å². The van der Waals surface area contributed by atoms with Crippen molar-refractivity contribution in [3.63, 3.8) is 0 Å². The van der Waals surface area contributed by atoms with E-state index in [1.54, 1.807) is 0 Å². The Kier molecular flexibility index (Phi) is 11.9. The van der Waals surface area contributed by atoms with Crippen LogP contribution in [0.4, 0.5) is 5.82 Å². The number of nitrogens with one attached hydrogen (secondary N) is 1. The van der Waals surface area contributed by atoms with Crippen LogP contribution in [-0.2, 0) is 9.53 Å². The summed E-state index contributed by atoms with van der Waals surface area (Å²) >= 11 is 0. The number of hydrogen-bond acceptors (Lipinski definition) is 8. The van der Waals surface area contributed by atoms with Crippen LogP contribution in [0.1, 0.15) is 64.4 Å². The predicted molar refractivity (Wildman–Crippen MR) is 153 cm³/mol. The van der Waals surface area contributed by atoms with Crippen molar-refractivity contribution < 1.29 is 14.3 Å². The van der Waals surface area contributed by atoms with Gasteiger partial charge in [0.2, 0.25) is 5.91 Å². The zero-order valence-corrected chi connectivity index (χ0v) is 23.3. The molecule has 1 aromatic heterocycles. The summed E-state index contributed by atoms with van der Waals surface area (Å²) in [6, 6.07) is 3.87. The van der Waals surface area contributed by atoms with E-state index in [0.717, 1.165) is 37.8 Å². The molecule has 2 aromatic rings. The van der Waals surface area contributed by atoms with Gasteiger partial charge in [0, 0.05) is 37.4 Å². The number of aliphatic imine (C=N–C) groups is 2. The lowest BCUT2D eigenvalue weighted by Crippen LogP contribution is -2.47. The monoisotopic (exact) mass is 525 g/mol. The van der Waals surface area contributed by atoms with Gasteiger partial charge in [-0.25, -0.2) is 9.98 Å². The summed E-state index contributed by atoms with van der Waals surface area (Å²) in [7, 11) is 2.01. The quantitative estimate of drug-likeness (QED) is 0.232.